The summed E-state index contributed by atoms with van der Waals surface area (Å²) in [5.74, 6) is -2.21. The molecule has 7 nitrogen and oxygen atoms in total. The number of ether oxygens (including phenoxy) is 1. The number of rotatable bonds is 1. The molecule has 4 fully saturated rings. The molecule has 1 spiro atoms. The molecule has 4 N–H and O–H groups in total. The number of aliphatic hydroxyl groups excluding tert-OH is 1. The van der Waals surface area contributed by atoms with E-state index in [0.29, 0.717) is 12.8 Å². The van der Waals surface area contributed by atoms with Crippen molar-refractivity contribution in [2.24, 2.45) is 28.6 Å². The summed E-state index contributed by atoms with van der Waals surface area (Å²) in [5.41, 5.74) is -6.48. The highest BCUT2D eigenvalue weighted by atomic mass is 16.5. The Bertz CT molecular complexity index is 756. The van der Waals surface area contributed by atoms with Gasteiger partial charge in [-0.3, -0.25) is 9.59 Å². The lowest BCUT2D eigenvalue weighted by atomic mass is 9.57. The molecule has 7 heteroatoms. The summed E-state index contributed by atoms with van der Waals surface area (Å²) in [6.07, 6.45) is -0.518. The van der Waals surface area contributed by atoms with Crippen molar-refractivity contribution in [1.29, 1.82) is 0 Å². The topological polar surface area (TPSA) is 124 Å². The molecule has 0 aromatic heterocycles. The molecule has 4 aliphatic rings. The first kappa shape index (κ1) is 21.2. The molecule has 0 aromatic carbocycles. The van der Waals surface area contributed by atoms with Gasteiger partial charge in [0.1, 0.15) is 17.5 Å². The van der Waals surface area contributed by atoms with Crippen molar-refractivity contribution in [1.82, 2.24) is 0 Å². The van der Waals surface area contributed by atoms with Crippen LogP contribution >= 0.6 is 0 Å². The molecule has 0 heterocycles. The molecule has 2 bridgehead atoms. The number of Topliss-reactive ketones (excluding diaryl/α,β-unsaturated/α-hetero) is 1. The Balaban J connectivity index is 1.91. The maximum atomic E-state index is 12.8. The lowest BCUT2D eigenvalue weighted by Gasteiger charge is -2.51. The van der Waals surface area contributed by atoms with E-state index in [9.17, 15) is 30.0 Å². The number of fused-ring (bicyclic) bond motifs is 2. The summed E-state index contributed by atoms with van der Waals surface area (Å²) in [6, 6.07) is 0. The predicted octanol–water partition coefficient (Wildman–Crippen LogP) is 0.947. The zero-order valence-corrected chi connectivity index (χ0v) is 17.9. The second-order valence-electron chi connectivity index (χ2n) is 11.1. The SMILES string of the molecule is CC(=O)OC1C2CCC3C(C)(O)C4CC(=O)C(C)(C)C4(O)C(O)CC13CC2(C)O. The third-order valence-corrected chi connectivity index (χ3v) is 9.28. The zero-order valence-electron chi connectivity index (χ0n) is 17.9. The molecule has 4 rings (SSSR count). The lowest BCUT2D eigenvalue weighted by Crippen LogP contribution is -2.60. The van der Waals surface area contributed by atoms with Gasteiger partial charge in [0.25, 0.3) is 0 Å². The standard InChI is InChI=1S/C22H34O7/c1-11(23)29-17-12-6-7-13-20(5,27)14-8-15(24)18(2,3)22(14,28)16(25)9-21(13,17)10-19(12,4)26/h12-14,16-17,25-28H,6-10H2,1-5H3. The monoisotopic (exact) mass is 410 g/mol. The Morgan fingerprint density at radius 3 is 2.28 bits per heavy atom. The summed E-state index contributed by atoms with van der Waals surface area (Å²) in [6.45, 7) is 7.93. The van der Waals surface area contributed by atoms with Crippen molar-refractivity contribution in [3.05, 3.63) is 0 Å². The molecule has 164 valence electrons. The Morgan fingerprint density at radius 2 is 1.69 bits per heavy atom. The number of carbonyl (C=O) groups is 2. The number of esters is 1. The maximum absolute atomic E-state index is 12.8. The summed E-state index contributed by atoms with van der Waals surface area (Å²) in [7, 11) is 0. The van der Waals surface area contributed by atoms with Crippen molar-refractivity contribution in [2.75, 3.05) is 0 Å². The first-order chi connectivity index (χ1) is 13.1. The number of aliphatic hydroxyl groups is 4. The fraction of sp³-hybridized carbons (Fsp3) is 0.909. The van der Waals surface area contributed by atoms with E-state index in [4.69, 9.17) is 4.74 Å². The zero-order chi connectivity index (χ0) is 21.8. The highest BCUT2D eigenvalue weighted by molar-refractivity contribution is 5.89. The van der Waals surface area contributed by atoms with Gasteiger partial charge in [-0.05, 0) is 45.4 Å². The van der Waals surface area contributed by atoms with Crippen LogP contribution in [0, 0.1) is 28.6 Å². The molecule has 0 radical (unpaired) electrons. The van der Waals surface area contributed by atoms with E-state index < -0.39 is 57.6 Å². The summed E-state index contributed by atoms with van der Waals surface area (Å²) in [5, 5.41) is 46.1. The second-order valence-corrected chi connectivity index (χ2v) is 11.1. The number of hydrogen-bond acceptors (Lipinski definition) is 7. The largest absolute Gasteiger partial charge is 0.462 e. The highest BCUT2D eigenvalue weighted by Crippen LogP contribution is 2.69. The lowest BCUT2D eigenvalue weighted by molar-refractivity contribution is -0.198. The van der Waals surface area contributed by atoms with Gasteiger partial charge in [0.05, 0.1) is 22.7 Å². The molecular weight excluding hydrogens is 376 g/mol. The van der Waals surface area contributed by atoms with Gasteiger partial charge in [-0.25, -0.2) is 0 Å². The fourth-order valence-electron chi connectivity index (χ4n) is 7.94. The van der Waals surface area contributed by atoms with Crippen LogP contribution in [0.1, 0.15) is 66.7 Å². The third-order valence-electron chi connectivity index (χ3n) is 9.28. The average Bonchev–Trinajstić information content (AvgIpc) is 2.80. The molecule has 0 amide bonds. The summed E-state index contributed by atoms with van der Waals surface area (Å²) in [4.78, 5) is 24.7. The molecule has 0 saturated heterocycles. The van der Waals surface area contributed by atoms with Crippen LogP contribution in [0.4, 0.5) is 0 Å². The van der Waals surface area contributed by atoms with Crippen LogP contribution in [-0.2, 0) is 14.3 Å². The Kier molecular flexibility index (Phi) is 4.25. The van der Waals surface area contributed by atoms with Crippen molar-refractivity contribution in [3.63, 3.8) is 0 Å². The van der Waals surface area contributed by atoms with Crippen LogP contribution in [0.15, 0.2) is 0 Å². The molecule has 4 aliphatic carbocycles. The van der Waals surface area contributed by atoms with E-state index >= 15 is 0 Å². The Hall–Kier alpha value is -1.02. The summed E-state index contributed by atoms with van der Waals surface area (Å²) < 4.78 is 5.73. The van der Waals surface area contributed by atoms with E-state index in [-0.39, 0.29) is 31.0 Å². The van der Waals surface area contributed by atoms with Gasteiger partial charge < -0.3 is 25.2 Å². The van der Waals surface area contributed by atoms with Crippen LogP contribution < -0.4 is 0 Å². The van der Waals surface area contributed by atoms with Gasteiger partial charge in [-0.2, -0.15) is 0 Å². The molecule has 29 heavy (non-hydrogen) atoms. The van der Waals surface area contributed by atoms with E-state index in [1.165, 1.54) is 6.92 Å². The second kappa shape index (κ2) is 5.81. The molecule has 0 aromatic rings. The molecule has 9 unspecified atom stereocenters. The van der Waals surface area contributed by atoms with Crippen LogP contribution in [0.5, 0.6) is 0 Å². The maximum Gasteiger partial charge on any atom is 0.302 e. The number of ketones is 1. The summed E-state index contributed by atoms with van der Waals surface area (Å²) >= 11 is 0. The van der Waals surface area contributed by atoms with Crippen LogP contribution in [0.25, 0.3) is 0 Å². The van der Waals surface area contributed by atoms with Crippen LogP contribution in [0.3, 0.4) is 0 Å². The van der Waals surface area contributed by atoms with E-state index in [1.54, 1.807) is 27.7 Å². The number of carbonyl (C=O) groups excluding carboxylic acids is 2. The van der Waals surface area contributed by atoms with Gasteiger partial charge in [0, 0.05) is 30.6 Å². The van der Waals surface area contributed by atoms with Gasteiger partial charge in [-0.1, -0.05) is 13.8 Å². The molecule has 4 saturated carbocycles. The molecular formula is C22H34O7. The van der Waals surface area contributed by atoms with E-state index in [2.05, 4.69) is 0 Å². The fourth-order valence-corrected chi connectivity index (χ4v) is 7.94. The Labute approximate surface area is 171 Å². The van der Waals surface area contributed by atoms with Gasteiger partial charge in [0.15, 0.2) is 0 Å². The predicted molar refractivity (Wildman–Crippen MR) is 103 cm³/mol. The van der Waals surface area contributed by atoms with Crippen molar-refractivity contribution < 1.29 is 34.8 Å². The first-order valence-electron chi connectivity index (χ1n) is 10.7. The van der Waals surface area contributed by atoms with Crippen molar-refractivity contribution in [2.45, 2.75) is 95.7 Å². The highest BCUT2D eigenvalue weighted by Gasteiger charge is 2.77. The minimum absolute atomic E-state index is 0.0157. The van der Waals surface area contributed by atoms with E-state index in [1.807, 2.05) is 0 Å². The number of hydrogen-bond donors (Lipinski definition) is 4. The van der Waals surface area contributed by atoms with Crippen LogP contribution in [-0.4, -0.2) is 61.2 Å². The molecule has 0 aliphatic heterocycles. The molecule has 9 atom stereocenters. The minimum Gasteiger partial charge on any atom is -0.462 e. The van der Waals surface area contributed by atoms with Gasteiger partial charge in [0.2, 0.25) is 0 Å². The van der Waals surface area contributed by atoms with Crippen LogP contribution in [0.2, 0.25) is 0 Å². The minimum atomic E-state index is -1.80. The Morgan fingerprint density at radius 1 is 1.07 bits per heavy atom. The quantitative estimate of drug-likeness (QED) is 0.474. The smallest absolute Gasteiger partial charge is 0.302 e. The van der Waals surface area contributed by atoms with E-state index in [0.717, 1.165) is 0 Å². The van der Waals surface area contributed by atoms with Gasteiger partial charge >= 0.3 is 5.97 Å². The van der Waals surface area contributed by atoms with Crippen molar-refractivity contribution >= 4 is 11.8 Å². The normalized spacial score (nSPS) is 55.8. The third kappa shape index (κ3) is 2.39. The van der Waals surface area contributed by atoms with Crippen molar-refractivity contribution in [3.8, 4) is 0 Å². The average molecular weight is 411 g/mol. The first-order valence-corrected chi connectivity index (χ1v) is 10.7. The van der Waals surface area contributed by atoms with Gasteiger partial charge in [-0.15, -0.1) is 0 Å².